The predicted octanol–water partition coefficient (Wildman–Crippen LogP) is 2.39. The summed E-state index contributed by atoms with van der Waals surface area (Å²) in [6, 6.07) is 8.45. The average Bonchev–Trinajstić information content (AvgIpc) is 2.47. The van der Waals surface area contributed by atoms with Crippen molar-refractivity contribution < 1.29 is 9.53 Å². The standard InChI is InChI=1S/C17H23NO2/c1-3-20-16(19)17-10-11-18(2)12-14(17)9-8-13-6-4-5-7-15(13)17/h4-7,14H,3,8-12H2,1-2H3/t14-,17-/m0/s1. The molecule has 2 atom stereocenters. The van der Waals surface area contributed by atoms with Gasteiger partial charge >= 0.3 is 5.97 Å². The second-order valence-corrected chi connectivity index (χ2v) is 6.10. The fraction of sp³-hybridized carbons (Fsp3) is 0.588. The lowest BCUT2D eigenvalue weighted by Gasteiger charge is -2.48. The topological polar surface area (TPSA) is 29.5 Å². The van der Waals surface area contributed by atoms with Crippen molar-refractivity contribution >= 4 is 5.97 Å². The molecule has 1 heterocycles. The van der Waals surface area contributed by atoms with Gasteiger partial charge in [-0.25, -0.2) is 0 Å². The number of hydrogen-bond donors (Lipinski definition) is 0. The van der Waals surface area contributed by atoms with Crippen LogP contribution in [0.1, 0.15) is 30.9 Å². The molecule has 3 rings (SSSR count). The fourth-order valence-corrected chi connectivity index (χ4v) is 4.03. The Labute approximate surface area is 120 Å². The van der Waals surface area contributed by atoms with E-state index in [9.17, 15) is 4.79 Å². The summed E-state index contributed by atoms with van der Waals surface area (Å²) < 4.78 is 5.48. The maximum atomic E-state index is 12.8. The van der Waals surface area contributed by atoms with E-state index in [4.69, 9.17) is 4.74 Å². The first-order chi connectivity index (χ1) is 9.68. The highest BCUT2D eigenvalue weighted by Crippen LogP contribution is 2.47. The quantitative estimate of drug-likeness (QED) is 0.775. The predicted molar refractivity (Wildman–Crippen MR) is 78.7 cm³/mol. The van der Waals surface area contributed by atoms with Crippen molar-refractivity contribution in [2.45, 2.75) is 31.6 Å². The van der Waals surface area contributed by atoms with Crippen LogP contribution in [0, 0.1) is 5.92 Å². The number of rotatable bonds is 2. The summed E-state index contributed by atoms with van der Waals surface area (Å²) in [5.41, 5.74) is 2.15. The third-order valence-corrected chi connectivity index (χ3v) is 5.02. The van der Waals surface area contributed by atoms with Crippen LogP contribution < -0.4 is 0 Å². The average molecular weight is 273 g/mol. The highest BCUT2D eigenvalue weighted by molar-refractivity contribution is 5.85. The van der Waals surface area contributed by atoms with E-state index in [0.29, 0.717) is 12.5 Å². The molecule has 2 aliphatic rings. The summed E-state index contributed by atoms with van der Waals surface area (Å²) in [4.78, 5) is 15.1. The van der Waals surface area contributed by atoms with Crippen molar-refractivity contribution in [3.63, 3.8) is 0 Å². The number of carbonyl (C=O) groups excluding carboxylic acids is 1. The van der Waals surface area contributed by atoms with Crippen molar-refractivity contribution in [1.82, 2.24) is 4.90 Å². The number of carbonyl (C=O) groups is 1. The summed E-state index contributed by atoms with van der Waals surface area (Å²) in [6.07, 6.45) is 3.04. The molecule has 1 fully saturated rings. The number of likely N-dealkylation sites (tertiary alicyclic amines) is 1. The fourth-order valence-electron chi connectivity index (χ4n) is 4.03. The van der Waals surface area contributed by atoms with Gasteiger partial charge in [0.2, 0.25) is 0 Å². The first kappa shape index (κ1) is 13.6. The highest BCUT2D eigenvalue weighted by Gasteiger charge is 2.53. The van der Waals surface area contributed by atoms with Crippen LogP contribution in [0.3, 0.4) is 0 Å². The Morgan fingerprint density at radius 1 is 1.45 bits per heavy atom. The molecule has 0 N–H and O–H groups in total. The number of benzene rings is 1. The van der Waals surface area contributed by atoms with Gasteiger partial charge < -0.3 is 9.64 Å². The van der Waals surface area contributed by atoms with E-state index < -0.39 is 5.41 Å². The Morgan fingerprint density at radius 2 is 2.25 bits per heavy atom. The van der Waals surface area contributed by atoms with E-state index in [1.807, 2.05) is 6.92 Å². The van der Waals surface area contributed by atoms with Crippen molar-refractivity contribution in [3.8, 4) is 0 Å². The van der Waals surface area contributed by atoms with Crippen LogP contribution >= 0.6 is 0 Å². The van der Waals surface area contributed by atoms with Crippen molar-refractivity contribution in [2.24, 2.45) is 5.92 Å². The Morgan fingerprint density at radius 3 is 3.05 bits per heavy atom. The zero-order valence-corrected chi connectivity index (χ0v) is 12.4. The molecule has 0 unspecified atom stereocenters. The van der Waals surface area contributed by atoms with Gasteiger partial charge in [0, 0.05) is 6.54 Å². The largest absolute Gasteiger partial charge is 0.465 e. The smallest absolute Gasteiger partial charge is 0.316 e. The number of hydrogen-bond acceptors (Lipinski definition) is 3. The third kappa shape index (κ3) is 1.96. The van der Waals surface area contributed by atoms with Crippen molar-refractivity contribution in [2.75, 3.05) is 26.7 Å². The molecule has 1 saturated heterocycles. The van der Waals surface area contributed by atoms with E-state index in [1.165, 1.54) is 11.1 Å². The number of ether oxygens (including phenoxy) is 1. The van der Waals surface area contributed by atoms with Gasteiger partial charge in [-0.1, -0.05) is 24.3 Å². The van der Waals surface area contributed by atoms with Crippen LogP contribution in [-0.2, 0) is 21.4 Å². The molecule has 0 amide bonds. The Kier molecular flexibility index (Phi) is 3.55. The van der Waals surface area contributed by atoms with Crippen LogP contribution in [0.5, 0.6) is 0 Å². The Bertz CT molecular complexity index is 513. The van der Waals surface area contributed by atoms with Gasteiger partial charge in [-0.3, -0.25) is 4.79 Å². The molecule has 0 bridgehead atoms. The van der Waals surface area contributed by atoms with E-state index in [1.54, 1.807) is 0 Å². The summed E-state index contributed by atoms with van der Waals surface area (Å²) in [6.45, 7) is 4.31. The Balaban J connectivity index is 2.09. The maximum Gasteiger partial charge on any atom is 0.316 e. The Hall–Kier alpha value is -1.35. The third-order valence-electron chi connectivity index (χ3n) is 5.02. The van der Waals surface area contributed by atoms with Gasteiger partial charge in [0.15, 0.2) is 0 Å². The summed E-state index contributed by atoms with van der Waals surface area (Å²) >= 11 is 0. The molecule has 1 aliphatic carbocycles. The molecular weight excluding hydrogens is 250 g/mol. The van der Waals surface area contributed by atoms with Crippen LogP contribution in [0.4, 0.5) is 0 Å². The van der Waals surface area contributed by atoms with Crippen molar-refractivity contribution in [3.05, 3.63) is 35.4 Å². The molecule has 108 valence electrons. The minimum absolute atomic E-state index is 0.00903. The zero-order chi connectivity index (χ0) is 14.2. The number of esters is 1. The maximum absolute atomic E-state index is 12.8. The molecule has 0 aromatic heterocycles. The second kappa shape index (κ2) is 5.21. The van der Waals surface area contributed by atoms with Crippen LogP contribution in [0.25, 0.3) is 0 Å². The molecule has 20 heavy (non-hydrogen) atoms. The highest BCUT2D eigenvalue weighted by atomic mass is 16.5. The summed E-state index contributed by atoms with van der Waals surface area (Å²) in [7, 11) is 2.15. The van der Waals surface area contributed by atoms with Gasteiger partial charge in [0.1, 0.15) is 0 Å². The minimum Gasteiger partial charge on any atom is -0.465 e. The SMILES string of the molecule is CCOC(=O)[C@@]12CCN(C)C[C@@H]1CCc1ccccc12. The van der Waals surface area contributed by atoms with E-state index in [0.717, 1.165) is 32.4 Å². The molecule has 0 saturated carbocycles. The second-order valence-electron chi connectivity index (χ2n) is 6.10. The van der Waals surface area contributed by atoms with Gasteiger partial charge in [0.25, 0.3) is 0 Å². The van der Waals surface area contributed by atoms with E-state index in [-0.39, 0.29) is 5.97 Å². The zero-order valence-electron chi connectivity index (χ0n) is 12.4. The van der Waals surface area contributed by atoms with Gasteiger partial charge in [-0.15, -0.1) is 0 Å². The lowest BCUT2D eigenvalue weighted by Crippen LogP contribution is -2.55. The minimum atomic E-state index is -0.405. The lowest BCUT2D eigenvalue weighted by atomic mass is 9.60. The van der Waals surface area contributed by atoms with Gasteiger partial charge in [-0.2, -0.15) is 0 Å². The number of aryl methyl sites for hydroxylation is 1. The number of fused-ring (bicyclic) bond motifs is 3. The van der Waals surface area contributed by atoms with Gasteiger partial charge in [-0.05, 0) is 56.8 Å². The molecular formula is C17H23NO2. The van der Waals surface area contributed by atoms with Crippen LogP contribution in [0.2, 0.25) is 0 Å². The van der Waals surface area contributed by atoms with E-state index in [2.05, 4.69) is 36.2 Å². The molecule has 1 aromatic carbocycles. The van der Waals surface area contributed by atoms with E-state index >= 15 is 0 Å². The summed E-state index contributed by atoms with van der Waals surface area (Å²) in [5.74, 6) is 0.375. The van der Waals surface area contributed by atoms with Crippen LogP contribution in [0.15, 0.2) is 24.3 Å². The number of piperidine rings is 1. The first-order valence-corrected chi connectivity index (χ1v) is 7.62. The lowest BCUT2D eigenvalue weighted by molar-refractivity contribution is -0.156. The molecule has 0 radical (unpaired) electrons. The molecule has 1 aliphatic heterocycles. The summed E-state index contributed by atoms with van der Waals surface area (Å²) in [5, 5.41) is 0. The normalized spacial score (nSPS) is 29.4. The number of nitrogens with zero attached hydrogens (tertiary/aromatic N) is 1. The molecule has 1 aromatic rings. The van der Waals surface area contributed by atoms with Crippen LogP contribution in [-0.4, -0.2) is 37.6 Å². The molecule has 0 spiro atoms. The van der Waals surface area contributed by atoms with Crippen molar-refractivity contribution in [1.29, 1.82) is 0 Å². The molecule has 3 heteroatoms. The van der Waals surface area contributed by atoms with Gasteiger partial charge in [0.05, 0.1) is 12.0 Å². The molecule has 3 nitrogen and oxygen atoms in total. The monoisotopic (exact) mass is 273 g/mol. The first-order valence-electron chi connectivity index (χ1n) is 7.62.